The van der Waals surface area contributed by atoms with Crippen molar-refractivity contribution in [1.82, 2.24) is 0 Å². The Kier molecular flexibility index (Phi) is 3.49. The first kappa shape index (κ1) is 12.5. The molecule has 4 nitrogen and oxygen atoms in total. The summed E-state index contributed by atoms with van der Waals surface area (Å²) < 4.78 is 24.8. The highest BCUT2D eigenvalue weighted by Crippen LogP contribution is 2.29. The third kappa shape index (κ3) is 3.26. The fraction of sp³-hybridized carbons (Fsp3) is 0.455. The summed E-state index contributed by atoms with van der Waals surface area (Å²) in [5, 5.41) is 0.415. The van der Waals surface area contributed by atoms with E-state index in [9.17, 15) is 8.42 Å². The molecule has 1 heterocycles. The van der Waals surface area contributed by atoms with Gasteiger partial charge in [0.2, 0.25) is 10.0 Å². The lowest BCUT2D eigenvalue weighted by Crippen LogP contribution is -2.18. The van der Waals surface area contributed by atoms with Crippen LogP contribution in [0.5, 0.6) is 0 Å². The SMILES string of the molecule is CS(=O)(=O)Nc1cc(N2CCCC2)ccc1Cl. The number of anilines is 2. The summed E-state index contributed by atoms with van der Waals surface area (Å²) in [6, 6.07) is 5.43. The monoisotopic (exact) mass is 274 g/mol. The minimum atomic E-state index is -3.29. The highest BCUT2D eigenvalue weighted by Gasteiger charge is 2.14. The molecule has 0 unspecified atom stereocenters. The number of benzene rings is 1. The van der Waals surface area contributed by atoms with E-state index >= 15 is 0 Å². The van der Waals surface area contributed by atoms with Crippen molar-refractivity contribution in [3.63, 3.8) is 0 Å². The Balaban J connectivity index is 2.28. The number of hydrogen-bond acceptors (Lipinski definition) is 3. The van der Waals surface area contributed by atoms with Crippen molar-refractivity contribution in [2.75, 3.05) is 29.0 Å². The number of nitrogens with zero attached hydrogens (tertiary/aromatic N) is 1. The standard InChI is InChI=1S/C11H15ClN2O2S/c1-17(15,16)13-11-8-9(4-5-10(11)12)14-6-2-3-7-14/h4-5,8,13H,2-3,6-7H2,1H3. The summed E-state index contributed by atoms with van der Waals surface area (Å²) in [6.45, 7) is 2.03. The first-order valence-electron chi connectivity index (χ1n) is 5.48. The zero-order valence-corrected chi connectivity index (χ0v) is 11.2. The van der Waals surface area contributed by atoms with Gasteiger partial charge >= 0.3 is 0 Å². The van der Waals surface area contributed by atoms with E-state index in [1.54, 1.807) is 12.1 Å². The normalized spacial score (nSPS) is 16.2. The van der Waals surface area contributed by atoms with Crippen LogP contribution in [0.4, 0.5) is 11.4 Å². The molecule has 1 saturated heterocycles. The van der Waals surface area contributed by atoms with E-state index in [1.165, 1.54) is 12.8 Å². The third-order valence-corrected chi connectivity index (χ3v) is 3.64. The lowest BCUT2D eigenvalue weighted by molar-refractivity contribution is 0.607. The molecule has 0 aliphatic carbocycles. The van der Waals surface area contributed by atoms with E-state index in [4.69, 9.17) is 11.6 Å². The van der Waals surface area contributed by atoms with Gasteiger partial charge < -0.3 is 4.90 Å². The summed E-state index contributed by atoms with van der Waals surface area (Å²) in [5.74, 6) is 0. The zero-order valence-electron chi connectivity index (χ0n) is 9.61. The fourth-order valence-corrected chi connectivity index (χ4v) is 2.75. The molecule has 0 atom stereocenters. The van der Waals surface area contributed by atoms with Crippen molar-refractivity contribution in [2.24, 2.45) is 0 Å². The Hall–Kier alpha value is -0.940. The summed E-state index contributed by atoms with van der Waals surface area (Å²) in [5.41, 5.74) is 1.46. The molecule has 1 aliphatic heterocycles. The molecule has 1 N–H and O–H groups in total. The van der Waals surface area contributed by atoms with E-state index in [2.05, 4.69) is 9.62 Å². The van der Waals surface area contributed by atoms with Gasteiger partial charge in [-0.3, -0.25) is 4.72 Å². The predicted octanol–water partition coefficient (Wildman–Crippen LogP) is 2.31. The largest absolute Gasteiger partial charge is 0.371 e. The number of sulfonamides is 1. The molecule has 0 spiro atoms. The van der Waals surface area contributed by atoms with Gasteiger partial charge in [-0.25, -0.2) is 8.42 Å². The Morgan fingerprint density at radius 3 is 2.53 bits per heavy atom. The Labute approximate surface area is 107 Å². The van der Waals surface area contributed by atoms with Crippen molar-refractivity contribution < 1.29 is 8.42 Å². The van der Waals surface area contributed by atoms with Gasteiger partial charge in [0.25, 0.3) is 0 Å². The van der Waals surface area contributed by atoms with Gasteiger partial charge in [-0.2, -0.15) is 0 Å². The molecule has 1 aromatic carbocycles. The first-order chi connectivity index (χ1) is 7.96. The molecule has 94 valence electrons. The lowest BCUT2D eigenvalue weighted by Gasteiger charge is -2.19. The Morgan fingerprint density at radius 2 is 1.94 bits per heavy atom. The van der Waals surface area contributed by atoms with Crippen LogP contribution < -0.4 is 9.62 Å². The summed E-state index contributed by atoms with van der Waals surface area (Å²) in [6.07, 6.45) is 3.47. The second-order valence-electron chi connectivity index (χ2n) is 4.23. The number of nitrogens with one attached hydrogen (secondary N) is 1. The maximum atomic E-state index is 11.2. The minimum Gasteiger partial charge on any atom is -0.371 e. The molecule has 2 rings (SSSR count). The van der Waals surface area contributed by atoms with E-state index in [1.807, 2.05) is 6.07 Å². The van der Waals surface area contributed by atoms with Crippen LogP contribution in [0.15, 0.2) is 18.2 Å². The van der Waals surface area contributed by atoms with Gasteiger partial charge in [0, 0.05) is 18.8 Å². The number of rotatable bonds is 3. The van der Waals surface area contributed by atoms with Crippen LogP contribution in [0, 0.1) is 0 Å². The molecular formula is C11H15ClN2O2S. The van der Waals surface area contributed by atoms with Crippen LogP contribution in [-0.4, -0.2) is 27.8 Å². The molecule has 1 aliphatic rings. The second-order valence-corrected chi connectivity index (χ2v) is 6.39. The minimum absolute atomic E-state index is 0.415. The first-order valence-corrected chi connectivity index (χ1v) is 7.75. The van der Waals surface area contributed by atoms with Crippen LogP contribution >= 0.6 is 11.6 Å². The quantitative estimate of drug-likeness (QED) is 0.920. The van der Waals surface area contributed by atoms with Gasteiger partial charge in [0.15, 0.2) is 0 Å². The molecule has 6 heteroatoms. The van der Waals surface area contributed by atoms with E-state index in [0.717, 1.165) is 25.0 Å². The molecule has 1 aromatic rings. The molecule has 0 amide bonds. The Morgan fingerprint density at radius 1 is 1.29 bits per heavy atom. The van der Waals surface area contributed by atoms with Gasteiger partial charge in [0.05, 0.1) is 17.0 Å². The fourth-order valence-electron chi connectivity index (χ4n) is 1.96. The summed E-state index contributed by atoms with van der Waals surface area (Å²) in [4.78, 5) is 2.23. The summed E-state index contributed by atoms with van der Waals surface area (Å²) in [7, 11) is -3.29. The maximum absolute atomic E-state index is 11.2. The van der Waals surface area contributed by atoms with E-state index in [-0.39, 0.29) is 0 Å². The van der Waals surface area contributed by atoms with Crippen molar-refractivity contribution in [3.05, 3.63) is 23.2 Å². The van der Waals surface area contributed by atoms with Gasteiger partial charge in [0.1, 0.15) is 0 Å². The highest BCUT2D eigenvalue weighted by molar-refractivity contribution is 7.92. The third-order valence-electron chi connectivity index (χ3n) is 2.72. The van der Waals surface area contributed by atoms with Crippen LogP contribution in [0.25, 0.3) is 0 Å². The molecular weight excluding hydrogens is 260 g/mol. The van der Waals surface area contributed by atoms with Crippen LogP contribution in [0.3, 0.4) is 0 Å². The molecule has 0 bridgehead atoms. The van der Waals surface area contributed by atoms with Crippen molar-refractivity contribution in [1.29, 1.82) is 0 Å². The average molecular weight is 275 g/mol. The number of halogens is 1. The molecule has 0 aromatic heterocycles. The van der Waals surface area contributed by atoms with Crippen molar-refractivity contribution in [3.8, 4) is 0 Å². The number of hydrogen-bond donors (Lipinski definition) is 1. The van der Waals surface area contributed by atoms with Crippen LogP contribution in [0.2, 0.25) is 5.02 Å². The van der Waals surface area contributed by atoms with Gasteiger partial charge in [-0.1, -0.05) is 11.6 Å². The molecule has 0 radical (unpaired) electrons. The smallest absolute Gasteiger partial charge is 0.229 e. The van der Waals surface area contributed by atoms with Crippen LogP contribution in [0.1, 0.15) is 12.8 Å². The van der Waals surface area contributed by atoms with E-state index < -0.39 is 10.0 Å². The topological polar surface area (TPSA) is 49.4 Å². The lowest BCUT2D eigenvalue weighted by atomic mass is 10.2. The van der Waals surface area contributed by atoms with Gasteiger partial charge in [-0.15, -0.1) is 0 Å². The molecule has 0 saturated carbocycles. The predicted molar refractivity (Wildman–Crippen MR) is 71.4 cm³/mol. The zero-order chi connectivity index (χ0) is 12.5. The summed E-state index contributed by atoms with van der Waals surface area (Å²) >= 11 is 5.96. The average Bonchev–Trinajstić information content (AvgIpc) is 2.72. The van der Waals surface area contributed by atoms with Crippen molar-refractivity contribution >= 4 is 33.0 Å². The molecule has 17 heavy (non-hydrogen) atoms. The van der Waals surface area contributed by atoms with Gasteiger partial charge in [-0.05, 0) is 31.0 Å². The van der Waals surface area contributed by atoms with E-state index in [0.29, 0.717) is 10.7 Å². The Bertz CT molecular complexity index is 510. The van der Waals surface area contributed by atoms with Crippen LogP contribution in [-0.2, 0) is 10.0 Å². The van der Waals surface area contributed by atoms with Crippen molar-refractivity contribution in [2.45, 2.75) is 12.8 Å². The maximum Gasteiger partial charge on any atom is 0.229 e. The highest BCUT2D eigenvalue weighted by atomic mass is 35.5. The molecule has 1 fully saturated rings. The second kappa shape index (κ2) is 4.74.